The van der Waals surface area contributed by atoms with Crippen molar-refractivity contribution in [3.8, 4) is 0 Å². The summed E-state index contributed by atoms with van der Waals surface area (Å²) in [5, 5.41) is 6.77. The summed E-state index contributed by atoms with van der Waals surface area (Å²) in [5.74, 6) is 5.45. The van der Waals surface area contributed by atoms with Gasteiger partial charge in [0.1, 0.15) is 5.84 Å². The van der Waals surface area contributed by atoms with Crippen LogP contribution in [0.4, 0.5) is 5.69 Å². The number of nitrogens with zero attached hydrogens (tertiary/aromatic N) is 3. The van der Waals surface area contributed by atoms with Crippen LogP contribution in [-0.4, -0.2) is 5.84 Å². The second-order valence-electron chi connectivity index (χ2n) is 2.66. The summed E-state index contributed by atoms with van der Waals surface area (Å²) < 4.78 is 0. The summed E-state index contributed by atoms with van der Waals surface area (Å²) in [6.45, 7) is 3.74. The fourth-order valence-electron chi connectivity index (χ4n) is 0.969. The van der Waals surface area contributed by atoms with Crippen molar-refractivity contribution in [3.63, 3.8) is 0 Å². The molecule has 1 aromatic rings. The van der Waals surface area contributed by atoms with Crippen molar-refractivity contribution in [1.82, 2.24) is 0 Å². The minimum absolute atomic E-state index is 0.553. The topological polar surface area (TPSA) is 63.1 Å². The zero-order valence-electron chi connectivity index (χ0n) is 7.73. The Bertz CT molecular complexity index is 341. The molecule has 2 N–H and O–H groups in total. The fourth-order valence-corrected chi connectivity index (χ4v) is 0.969. The van der Waals surface area contributed by atoms with Crippen LogP contribution >= 0.6 is 0 Å². The number of aliphatic imine (C=N–C) groups is 1. The van der Waals surface area contributed by atoms with Crippen molar-refractivity contribution < 1.29 is 0 Å². The van der Waals surface area contributed by atoms with Crippen LogP contribution < -0.4 is 5.84 Å². The van der Waals surface area contributed by atoms with Gasteiger partial charge in [-0.15, -0.1) is 5.11 Å². The van der Waals surface area contributed by atoms with E-state index in [0.29, 0.717) is 5.84 Å². The molecule has 0 radical (unpaired) electrons. The maximum atomic E-state index is 4.90. The highest BCUT2D eigenvalue weighted by Crippen LogP contribution is 2.17. The van der Waals surface area contributed by atoms with Crippen LogP contribution in [0.25, 0.3) is 0 Å². The van der Waals surface area contributed by atoms with Gasteiger partial charge in [0, 0.05) is 0 Å². The molecule has 4 nitrogen and oxygen atoms in total. The Morgan fingerprint density at radius 3 is 2.62 bits per heavy atom. The number of hydrogen-bond acceptors (Lipinski definition) is 2. The average Bonchev–Trinajstić information content (AvgIpc) is 2.09. The molecule has 0 atom stereocenters. The van der Waals surface area contributed by atoms with Crippen molar-refractivity contribution >= 4 is 11.5 Å². The Morgan fingerprint density at radius 2 is 2.00 bits per heavy atom. The molecule has 0 aromatic heterocycles. The van der Waals surface area contributed by atoms with Crippen molar-refractivity contribution in [2.24, 2.45) is 21.2 Å². The first-order valence-electron chi connectivity index (χ1n) is 3.96. The molecule has 0 spiro atoms. The molecule has 1 aromatic carbocycles. The molecule has 4 heteroatoms. The first kappa shape index (κ1) is 9.38. The second-order valence-corrected chi connectivity index (χ2v) is 2.66. The van der Waals surface area contributed by atoms with Gasteiger partial charge in [-0.1, -0.05) is 23.4 Å². The molecule has 1 rings (SSSR count). The van der Waals surface area contributed by atoms with Crippen molar-refractivity contribution in [3.05, 3.63) is 29.8 Å². The summed E-state index contributed by atoms with van der Waals surface area (Å²) in [6, 6.07) is 7.81. The van der Waals surface area contributed by atoms with Gasteiger partial charge in [-0.05, 0) is 25.5 Å². The van der Waals surface area contributed by atoms with Gasteiger partial charge >= 0.3 is 0 Å². The van der Waals surface area contributed by atoms with Crippen LogP contribution in [0.3, 0.4) is 0 Å². The summed E-state index contributed by atoms with van der Waals surface area (Å²) in [5.41, 5.74) is 2.00. The zero-order chi connectivity index (χ0) is 9.68. The van der Waals surface area contributed by atoms with Crippen LogP contribution in [-0.2, 0) is 0 Å². The summed E-state index contributed by atoms with van der Waals surface area (Å²) in [7, 11) is 0. The quantitative estimate of drug-likeness (QED) is 0.230. The van der Waals surface area contributed by atoms with Crippen LogP contribution in [0.5, 0.6) is 0 Å². The van der Waals surface area contributed by atoms with Crippen LogP contribution in [0.1, 0.15) is 12.5 Å². The lowest BCUT2D eigenvalue weighted by Gasteiger charge is -1.97. The number of rotatable bonds is 1. The molecule has 0 bridgehead atoms. The largest absolute Gasteiger partial charge is 0.305 e. The molecular formula is C9H12N4. The van der Waals surface area contributed by atoms with Gasteiger partial charge in [-0.25, -0.2) is 4.99 Å². The Labute approximate surface area is 77.2 Å². The maximum absolute atomic E-state index is 4.90. The third-order valence-electron chi connectivity index (χ3n) is 1.60. The number of para-hydroxylation sites is 1. The monoisotopic (exact) mass is 176 g/mol. The average molecular weight is 176 g/mol. The standard InChI is InChI=1S/C9H12N4/c1-7-5-3-4-6-9(7)11-8(2)12-13-10/h3-6H,1-2H3,(H2,10,11,12). The van der Waals surface area contributed by atoms with Gasteiger partial charge in [-0.3, -0.25) is 0 Å². The van der Waals surface area contributed by atoms with E-state index in [-0.39, 0.29) is 0 Å². The SMILES string of the molecule is CC(N=NN)=Nc1ccccc1C. The van der Waals surface area contributed by atoms with E-state index in [1.54, 1.807) is 6.92 Å². The third-order valence-corrected chi connectivity index (χ3v) is 1.60. The Kier molecular flexibility index (Phi) is 3.14. The third kappa shape index (κ3) is 2.66. The highest BCUT2D eigenvalue weighted by atomic mass is 15.3. The van der Waals surface area contributed by atoms with E-state index in [4.69, 9.17) is 5.84 Å². The molecule has 0 heterocycles. The summed E-state index contributed by atoms with van der Waals surface area (Å²) >= 11 is 0. The van der Waals surface area contributed by atoms with Gasteiger partial charge in [0.15, 0.2) is 0 Å². The van der Waals surface area contributed by atoms with Gasteiger partial charge in [0.25, 0.3) is 0 Å². The highest BCUT2D eigenvalue weighted by molar-refractivity contribution is 5.83. The van der Waals surface area contributed by atoms with Gasteiger partial charge in [0.2, 0.25) is 0 Å². The minimum atomic E-state index is 0.553. The molecule has 0 saturated heterocycles. The Hall–Kier alpha value is -1.71. The number of benzene rings is 1. The Morgan fingerprint density at radius 1 is 1.31 bits per heavy atom. The van der Waals surface area contributed by atoms with E-state index >= 15 is 0 Å². The maximum Gasteiger partial charge on any atom is 0.150 e. The van der Waals surface area contributed by atoms with E-state index in [1.807, 2.05) is 31.2 Å². The number of hydrogen-bond donors (Lipinski definition) is 1. The van der Waals surface area contributed by atoms with Crippen molar-refractivity contribution in [2.75, 3.05) is 0 Å². The molecule has 0 aliphatic carbocycles. The van der Waals surface area contributed by atoms with Crippen LogP contribution in [0.15, 0.2) is 39.6 Å². The number of aryl methyl sites for hydroxylation is 1. The molecule has 0 aliphatic rings. The Balaban J connectivity index is 2.97. The molecule has 68 valence electrons. The lowest BCUT2D eigenvalue weighted by atomic mass is 10.2. The lowest BCUT2D eigenvalue weighted by Crippen LogP contribution is -1.86. The molecule has 0 aliphatic heterocycles. The van der Waals surface area contributed by atoms with Crippen LogP contribution in [0, 0.1) is 6.92 Å². The number of amidine groups is 1. The van der Waals surface area contributed by atoms with E-state index in [2.05, 4.69) is 15.3 Å². The molecule has 0 saturated carbocycles. The minimum Gasteiger partial charge on any atom is -0.305 e. The summed E-state index contributed by atoms with van der Waals surface area (Å²) in [4.78, 5) is 4.22. The van der Waals surface area contributed by atoms with Crippen molar-refractivity contribution in [2.45, 2.75) is 13.8 Å². The highest BCUT2D eigenvalue weighted by Gasteiger charge is 1.94. The molecule has 0 unspecified atom stereocenters. The number of nitrogens with two attached hydrogens (primary N) is 1. The van der Waals surface area contributed by atoms with Gasteiger partial charge < -0.3 is 5.84 Å². The smallest absolute Gasteiger partial charge is 0.150 e. The second kappa shape index (κ2) is 4.35. The van der Waals surface area contributed by atoms with E-state index in [1.165, 1.54) is 0 Å². The first-order valence-corrected chi connectivity index (χ1v) is 3.96. The normalized spacial score (nSPS) is 12.3. The molecule has 0 fully saturated rings. The molecular weight excluding hydrogens is 164 g/mol. The van der Waals surface area contributed by atoms with E-state index in [0.717, 1.165) is 11.3 Å². The predicted molar refractivity (Wildman–Crippen MR) is 53.0 cm³/mol. The zero-order valence-corrected chi connectivity index (χ0v) is 7.73. The lowest BCUT2D eigenvalue weighted by molar-refractivity contribution is 1.08. The summed E-state index contributed by atoms with van der Waals surface area (Å²) in [6.07, 6.45) is 0. The van der Waals surface area contributed by atoms with Gasteiger partial charge in [-0.2, -0.15) is 0 Å². The molecule has 0 amide bonds. The van der Waals surface area contributed by atoms with Gasteiger partial charge in [0.05, 0.1) is 5.69 Å². The van der Waals surface area contributed by atoms with Crippen LogP contribution in [0.2, 0.25) is 0 Å². The molecule has 13 heavy (non-hydrogen) atoms. The van der Waals surface area contributed by atoms with E-state index < -0.39 is 0 Å². The predicted octanol–water partition coefficient (Wildman–Crippen LogP) is 2.37. The first-order chi connectivity index (χ1) is 6.24. The van der Waals surface area contributed by atoms with Crippen molar-refractivity contribution in [1.29, 1.82) is 0 Å². The van der Waals surface area contributed by atoms with E-state index in [9.17, 15) is 0 Å². The fraction of sp³-hybridized carbons (Fsp3) is 0.222.